The van der Waals surface area contributed by atoms with E-state index in [9.17, 15) is 0 Å². The van der Waals surface area contributed by atoms with Crippen LogP contribution >= 0.6 is 0 Å². The number of hydrogen-bond acceptors (Lipinski definition) is 1. The highest BCUT2D eigenvalue weighted by atomic mass is 14.9. The van der Waals surface area contributed by atoms with Gasteiger partial charge in [0.25, 0.3) is 0 Å². The van der Waals surface area contributed by atoms with Crippen LogP contribution in [0, 0.1) is 19.8 Å². The Labute approximate surface area is 87.5 Å². The molecule has 1 rings (SSSR count). The summed E-state index contributed by atoms with van der Waals surface area (Å²) >= 11 is 0. The van der Waals surface area contributed by atoms with Crippen LogP contribution in [-0.4, -0.2) is 6.54 Å². The van der Waals surface area contributed by atoms with Crippen LogP contribution < -0.4 is 5.32 Å². The second-order valence-corrected chi connectivity index (χ2v) is 4.27. The van der Waals surface area contributed by atoms with E-state index in [0.717, 1.165) is 12.5 Å². The molecule has 1 atom stereocenters. The first-order valence-corrected chi connectivity index (χ1v) is 5.44. The molecule has 0 fully saturated rings. The lowest BCUT2D eigenvalue weighted by Gasteiger charge is -2.12. The molecule has 0 amide bonds. The third kappa shape index (κ3) is 3.41. The fourth-order valence-electron chi connectivity index (χ4n) is 1.51. The molecule has 0 aliphatic heterocycles. The third-order valence-electron chi connectivity index (χ3n) is 2.57. The van der Waals surface area contributed by atoms with Crippen molar-refractivity contribution in [1.82, 2.24) is 0 Å². The largest absolute Gasteiger partial charge is 0.385 e. The Bertz CT molecular complexity index is 271. The van der Waals surface area contributed by atoms with Gasteiger partial charge in [0.2, 0.25) is 0 Å². The van der Waals surface area contributed by atoms with Gasteiger partial charge in [0, 0.05) is 12.2 Å². The molecule has 0 saturated heterocycles. The predicted octanol–water partition coefficient (Wildman–Crippen LogP) is 3.76. The normalized spacial score (nSPS) is 12.6. The minimum Gasteiger partial charge on any atom is -0.385 e. The van der Waals surface area contributed by atoms with Gasteiger partial charge < -0.3 is 5.32 Å². The number of nitrogens with one attached hydrogen (secondary N) is 1. The van der Waals surface area contributed by atoms with Crippen molar-refractivity contribution in [3.05, 3.63) is 29.3 Å². The van der Waals surface area contributed by atoms with Gasteiger partial charge in [-0.05, 0) is 43.0 Å². The summed E-state index contributed by atoms with van der Waals surface area (Å²) < 4.78 is 0. The molecule has 0 spiro atoms. The lowest BCUT2D eigenvalue weighted by Crippen LogP contribution is -2.10. The summed E-state index contributed by atoms with van der Waals surface area (Å²) in [7, 11) is 0. The quantitative estimate of drug-likeness (QED) is 0.764. The Hall–Kier alpha value is -0.980. The zero-order chi connectivity index (χ0) is 10.6. The second-order valence-electron chi connectivity index (χ2n) is 4.27. The van der Waals surface area contributed by atoms with E-state index in [1.807, 2.05) is 0 Å². The lowest BCUT2D eigenvalue weighted by atomic mass is 10.1. The average molecular weight is 191 g/mol. The van der Waals surface area contributed by atoms with E-state index in [1.54, 1.807) is 0 Å². The first-order chi connectivity index (χ1) is 6.61. The summed E-state index contributed by atoms with van der Waals surface area (Å²) in [5, 5.41) is 3.48. The van der Waals surface area contributed by atoms with Crippen LogP contribution in [0.3, 0.4) is 0 Å². The van der Waals surface area contributed by atoms with Gasteiger partial charge in [0.1, 0.15) is 0 Å². The summed E-state index contributed by atoms with van der Waals surface area (Å²) in [6, 6.07) is 6.61. The average Bonchev–Trinajstić information content (AvgIpc) is 2.12. The van der Waals surface area contributed by atoms with E-state index >= 15 is 0 Å². The topological polar surface area (TPSA) is 12.0 Å². The monoisotopic (exact) mass is 191 g/mol. The van der Waals surface area contributed by atoms with Gasteiger partial charge in [-0.3, -0.25) is 0 Å². The molecule has 0 aromatic heterocycles. The summed E-state index contributed by atoms with van der Waals surface area (Å²) in [6.45, 7) is 9.85. The standard InChI is InChI=1S/C13H21N/c1-5-10(2)9-14-13-7-11(3)6-12(4)8-13/h6-8,10,14H,5,9H2,1-4H3. The van der Waals surface area contributed by atoms with E-state index in [-0.39, 0.29) is 0 Å². The van der Waals surface area contributed by atoms with E-state index in [1.165, 1.54) is 23.2 Å². The molecule has 14 heavy (non-hydrogen) atoms. The van der Waals surface area contributed by atoms with Crippen molar-refractivity contribution < 1.29 is 0 Å². The van der Waals surface area contributed by atoms with Crippen LogP contribution in [0.4, 0.5) is 5.69 Å². The molecule has 1 aromatic rings. The Morgan fingerprint density at radius 3 is 2.21 bits per heavy atom. The Kier molecular flexibility index (Phi) is 3.99. The van der Waals surface area contributed by atoms with Crippen LogP contribution in [-0.2, 0) is 0 Å². The Balaban J connectivity index is 2.58. The number of anilines is 1. The highest BCUT2D eigenvalue weighted by Crippen LogP contribution is 2.14. The SMILES string of the molecule is CCC(C)CNc1cc(C)cc(C)c1. The van der Waals surface area contributed by atoms with E-state index in [2.05, 4.69) is 51.2 Å². The molecule has 1 heteroatoms. The highest BCUT2D eigenvalue weighted by Gasteiger charge is 1.99. The molecule has 0 radical (unpaired) electrons. The highest BCUT2D eigenvalue weighted by molar-refractivity contribution is 5.48. The maximum absolute atomic E-state index is 3.48. The van der Waals surface area contributed by atoms with Gasteiger partial charge in [0.15, 0.2) is 0 Å². The lowest BCUT2D eigenvalue weighted by molar-refractivity contribution is 0.593. The summed E-state index contributed by atoms with van der Waals surface area (Å²) in [6.07, 6.45) is 1.23. The molecular formula is C13H21N. The minimum absolute atomic E-state index is 0.746. The van der Waals surface area contributed by atoms with Gasteiger partial charge in [-0.25, -0.2) is 0 Å². The first kappa shape index (κ1) is 11.1. The van der Waals surface area contributed by atoms with Crippen LogP contribution in [0.1, 0.15) is 31.4 Å². The Morgan fingerprint density at radius 1 is 1.14 bits per heavy atom. The summed E-state index contributed by atoms with van der Waals surface area (Å²) in [4.78, 5) is 0. The summed E-state index contributed by atoms with van der Waals surface area (Å²) in [5.74, 6) is 0.746. The van der Waals surface area contributed by atoms with Crippen LogP contribution in [0.15, 0.2) is 18.2 Å². The second kappa shape index (κ2) is 5.04. The van der Waals surface area contributed by atoms with Gasteiger partial charge in [0.05, 0.1) is 0 Å². The van der Waals surface area contributed by atoms with E-state index in [4.69, 9.17) is 0 Å². The number of aryl methyl sites for hydroxylation is 2. The van der Waals surface area contributed by atoms with Crippen LogP contribution in [0.25, 0.3) is 0 Å². The fourth-order valence-corrected chi connectivity index (χ4v) is 1.51. The van der Waals surface area contributed by atoms with Crippen molar-refractivity contribution >= 4 is 5.69 Å². The molecule has 78 valence electrons. The zero-order valence-corrected chi connectivity index (χ0v) is 9.72. The first-order valence-electron chi connectivity index (χ1n) is 5.44. The molecular weight excluding hydrogens is 170 g/mol. The maximum atomic E-state index is 3.48. The molecule has 0 saturated carbocycles. The molecule has 1 aromatic carbocycles. The summed E-state index contributed by atoms with van der Waals surface area (Å²) in [5.41, 5.74) is 3.91. The number of rotatable bonds is 4. The van der Waals surface area contributed by atoms with Crippen molar-refractivity contribution in [3.8, 4) is 0 Å². The van der Waals surface area contributed by atoms with Gasteiger partial charge >= 0.3 is 0 Å². The zero-order valence-electron chi connectivity index (χ0n) is 9.72. The molecule has 0 bridgehead atoms. The molecule has 1 nitrogen and oxygen atoms in total. The number of benzene rings is 1. The van der Waals surface area contributed by atoms with E-state index < -0.39 is 0 Å². The minimum atomic E-state index is 0.746. The number of hydrogen-bond donors (Lipinski definition) is 1. The van der Waals surface area contributed by atoms with Crippen molar-refractivity contribution in [1.29, 1.82) is 0 Å². The molecule has 0 heterocycles. The van der Waals surface area contributed by atoms with Crippen LogP contribution in [0.2, 0.25) is 0 Å². The van der Waals surface area contributed by atoms with Gasteiger partial charge in [-0.15, -0.1) is 0 Å². The van der Waals surface area contributed by atoms with Crippen LogP contribution in [0.5, 0.6) is 0 Å². The maximum Gasteiger partial charge on any atom is 0.0345 e. The third-order valence-corrected chi connectivity index (χ3v) is 2.57. The van der Waals surface area contributed by atoms with Crippen molar-refractivity contribution in [2.75, 3.05) is 11.9 Å². The Morgan fingerprint density at radius 2 is 1.71 bits per heavy atom. The predicted molar refractivity (Wildman–Crippen MR) is 63.9 cm³/mol. The molecule has 0 aliphatic carbocycles. The van der Waals surface area contributed by atoms with E-state index in [0.29, 0.717) is 0 Å². The molecule has 1 N–H and O–H groups in total. The fraction of sp³-hybridized carbons (Fsp3) is 0.538. The smallest absolute Gasteiger partial charge is 0.0345 e. The van der Waals surface area contributed by atoms with Gasteiger partial charge in [-0.2, -0.15) is 0 Å². The van der Waals surface area contributed by atoms with Crippen molar-refractivity contribution in [2.45, 2.75) is 34.1 Å². The van der Waals surface area contributed by atoms with Crippen molar-refractivity contribution in [3.63, 3.8) is 0 Å². The molecule has 1 unspecified atom stereocenters. The van der Waals surface area contributed by atoms with Gasteiger partial charge in [-0.1, -0.05) is 26.3 Å². The molecule has 0 aliphatic rings. The van der Waals surface area contributed by atoms with Crippen molar-refractivity contribution in [2.24, 2.45) is 5.92 Å².